The van der Waals surface area contributed by atoms with Crippen molar-refractivity contribution in [3.05, 3.63) is 52.0 Å². The first-order chi connectivity index (χ1) is 8.50. The van der Waals surface area contributed by atoms with Gasteiger partial charge in [-0.3, -0.25) is 0 Å². The third-order valence-electron chi connectivity index (χ3n) is 2.21. The summed E-state index contributed by atoms with van der Waals surface area (Å²) in [5, 5.41) is 0.340. The smallest absolute Gasteiger partial charge is 0.203 e. The Balaban J connectivity index is 2.46. The molecule has 94 valence electrons. The lowest BCUT2D eigenvalue weighted by molar-refractivity contribution is 0.418. The highest BCUT2D eigenvalue weighted by Crippen LogP contribution is 2.38. The second-order valence-electron chi connectivity index (χ2n) is 3.43. The fourth-order valence-corrected chi connectivity index (χ4v) is 1.65. The summed E-state index contributed by atoms with van der Waals surface area (Å²) in [5.74, 6) is -2.55. The van der Waals surface area contributed by atoms with Crippen LogP contribution in [0.3, 0.4) is 0 Å². The maximum atomic E-state index is 13.5. The van der Waals surface area contributed by atoms with E-state index in [2.05, 4.69) is 0 Å². The van der Waals surface area contributed by atoms with Crippen molar-refractivity contribution in [2.75, 3.05) is 5.73 Å². The van der Waals surface area contributed by atoms with Crippen LogP contribution in [0.5, 0.6) is 11.5 Å². The number of hydrogen-bond donors (Lipinski definition) is 1. The van der Waals surface area contributed by atoms with E-state index >= 15 is 0 Å². The summed E-state index contributed by atoms with van der Waals surface area (Å²) >= 11 is 11.7. The standard InChI is InChI=1S/C12H7Cl2F2NO/c13-6-2-1-3-9(10(6)14)18-12-8(17)5-4-7(15)11(12)16/h1-5H,17H2. The molecule has 0 atom stereocenters. The molecule has 0 spiro atoms. The topological polar surface area (TPSA) is 35.2 Å². The fourth-order valence-electron chi connectivity index (χ4n) is 1.32. The highest BCUT2D eigenvalue weighted by atomic mass is 35.5. The van der Waals surface area contributed by atoms with E-state index in [-0.39, 0.29) is 21.5 Å². The molecule has 2 nitrogen and oxygen atoms in total. The number of halogens is 4. The van der Waals surface area contributed by atoms with Crippen LogP contribution in [-0.2, 0) is 0 Å². The number of benzene rings is 2. The van der Waals surface area contributed by atoms with E-state index in [1.54, 1.807) is 12.1 Å². The molecule has 2 aromatic carbocycles. The number of anilines is 1. The molecule has 0 saturated heterocycles. The summed E-state index contributed by atoms with van der Waals surface area (Å²) in [7, 11) is 0. The molecule has 2 rings (SSSR count). The largest absolute Gasteiger partial charge is 0.450 e. The van der Waals surface area contributed by atoms with E-state index in [9.17, 15) is 8.78 Å². The van der Waals surface area contributed by atoms with Crippen LogP contribution in [0.2, 0.25) is 10.0 Å². The lowest BCUT2D eigenvalue weighted by Gasteiger charge is -2.11. The second-order valence-corrected chi connectivity index (χ2v) is 4.22. The first-order valence-electron chi connectivity index (χ1n) is 4.86. The Morgan fingerprint density at radius 3 is 2.50 bits per heavy atom. The van der Waals surface area contributed by atoms with Crippen LogP contribution < -0.4 is 10.5 Å². The SMILES string of the molecule is Nc1ccc(F)c(F)c1Oc1cccc(Cl)c1Cl. The molecule has 0 saturated carbocycles. The normalized spacial score (nSPS) is 10.4. The van der Waals surface area contributed by atoms with Crippen LogP contribution >= 0.6 is 23.2 Å². The van der Waals surface area contributed by atoms with Gasteiger partial charge in [-0.15, -0.1) is 0 Å². The van der Waals surface area contributed by atoms with E-state index in [1.807, 2.05) is 0 Å². The van der Waals surface area contributed by atoms with Crippen molar-refractivity contribution in [1.82, 2.24) is 0 Å². The molecule has 2 N–H and O–H groups in total. The van der Waals surface area contributed by atoms with Gasteiger partial charge in [0.15, 0.2) is 11.6 Å². The van der Waals surface area contributed by atoms with Gasteiger partial charge in [0.2, 0.25) is 5.82 Å². The molecule has 2 aromatic rings. The zero-order valence-electron chi connectivity index (χ0n) is 8.88. The van der Waals surface area contributed by atoms with Gasteiger partial charge in [-0.2, -0.15) is 4.39 Å². The summed E-state index contributed by atoms with van der Waals surface area (Å²) in [6.07, 6.45) is 0. The minimum atomic E-state index is -1.17. The Morgan fingerprint density at radius 2 is 1.78 bits per heavy atom. The summed E-state index contributed by atoms with van der Waals surface area (Å²) in [4.78, 5) is 0. The van der Waals surface area contributed by atoms with Gasteiger partial charge in [-0.25, -0.2) is 4.39 Å². The van der Waals surface area contributed by atoms with Gasteiger partial charge in [-0.1, -0.05) is 29.3 Å². The predicted octanol–water partition coefficient (Wildman–Crippen LogP) is 4.65. The molecule has 0 amide bonds. The fraction of sp³-hybridized carbons (Fsp3) is 0. The quantitative estimate of drug-likeness (QED) is 0.817. The van der Waals surface area contributed by atoms with E-state index in [0.29, 0.717) is 0 Å². The van der Waals surface area contributed by atoms with Crippen molar-refractivity contribution in [3.63, 3.8) is 0 Å². The van der Waals surface area contributed by atoms with Gasteiger partial charge in [0, 0.05) is 0 Å². The number of nitrogens with two attached hydrogens (primary N) is 1. The molecule has 0 aromatic heterocycles. The zero-order valence-corrected chi connectivity index (χ0v) is 10.4. The van der Waals surface area contributed by atoms with E-state index in [0.717, 1.165) is 6.07 Å². The molecule has 0 aliphatic carbocycles. The summed E-state index contributed by atoms with van der Waals surface area (Å²) in [5.41, 5.74) is 5.48. The number of ether oxygens (including phenoxy) is 1. The summed E-state index contributed by atoms with van der Waals surface area (Å²) in [6, 6.07) is 6.69. The van der Waals surface area contributed by atoms with Crippen LogP contribution in [0.25, 0.3) is 0 Å². The highest BCUT2D eigenvalue weighted by molar-refractivity contribution is 6.42. The van der Waals surface area contributed by atoms with E-state index in [4.69, 9.17) is 33.7 Å². The third kappa shape index (κ3) is 2.35. The molecule has 0 fully saturated rings. The van der Waals surface area contributed by atoms with Crippen LogP contribution in [-0.4, -0.2) is 0 Å². The Morgan fingerprint density at radius 1 is 1.06 bits per heavy atom. The predicted molar refractivity (Wildman–Crippen MR) is 67.3 cm³/mol. The van der Waals surface area contributed by atoms with E-state index < -0.39 is 17.4 Å². The van der Waals surface area contributed by atoms with Crippen molar-refractivity contribution < 1.29 is 13.5 Å². The molecule has 0 heterocycles. The number of rotatable bonds is 2. The molecule has 0 unspecified atom stereocenters. The molecule has 0 aliphatic heterocycles. The van der Waals surface area contributed by atoms with Crippen LogP contribution in [0, 0.1) is 11.6 Å². The summed E-state index contributed by atoms with van der Waals surface area (Å²) in [6.45, 7) is 0. The van der Waals surface area contributed by atoms with Gasteiger partial charge >= 0.3 is 0 Å². The summed E-state index contributed by atoms with van der Waals surface area (Å²) < 4.78 is 31.8. The first-order valence-corrected chi connectivity index (χ1v) is 5.61. The Labute approximate surface area is 112 Å². The molecular formula is C12H7Cl2F2NO. The molecule has 0 bridgehead atoms. The van der Waals surface area contributed by atoms with Crippen molar-refractivity contribution in [2.24, 2.45) is 0 Å². The molecule has 0 radical (unpaired) electrons. The average Bonchev–Trinajstić information content (AvgIpc) is 2.35. The molecule has 0 aliphatic rings. The van der Waals surface area contributed by atoms with Crippen molar-refractivity contribution in [2.45, 2.75) is 0 Å². The Kier molecular flexibility index (Phi) is 3.59. The van der Waals surface area contributed by atoms with Crippen molar-refractivity contribution in [1.29, 1.82) is 0 Å². The molecule has 18 heavy (non-hydrogen) atoms. The maximum absolute atomic E-state index is 13.5. The van der Waals surface area contributed by atoms with Gasteiger partial charge in [-0.05, 0) is 24.3 Å². The van der Waals surface area contributed by atoms with Crippen molar-refractivity contribution in [3.8, 4) is 11.5 Å². The highest BCUT2D eigenvalue weighted by Gasteiger charge is 2.16. The second kappa shape index (κ2) is 5.00. The van der Waals surface area contributed by atoms with Gasteiger partial charge < -0.3 is 10.5 Å². The van der Waals surface area contributed by atoms with Crippen LogP contribution in [0.4, 0.5) is 14.5 Å². The van der Waals surface area contributed by atoms with Gasteiger partial charge in [0.05, 0.1) is 10.7 Å². The lowest BCUT2D eigenvalue weighted by atomic mass is 10.2. The minimum Gasteiger partial charge on any atom is -0.450 e. The third-order valence-corrected chi connectivity index (χ3v) is 3.01. The minimum absolute atomic E-state index is 0.0371. The Hall–Kier alpha value is -1.52. The first kappa shape index (κ1) is 12.9. The lowest BCUT2D eigenvalue weighted by Crippen LogP contribution is -1.98. The Bertz CT molecular complexity index is 605. The molecular weight excluding hydrogens is 283 g/mol. The molecule has 6 heteroatoms. The van der Waals surface area contributed by atoms with E-state index in [1.165, 1.54) is 12.1 Å². The number of nitrogen functional groups attached to an aromatic ring is 1. The van der Waals surface area contributed by atoms with Crippen LogP contribution in [0.1, 0.15) is 0 Å². The zero-order chi connectivity index (χ0) is 13.3. The number of hydrogen-bond acceptors (Lipinski definition) is 2. The monoisotopic (exact) mass is 289 g/mol. The van der Waals surface area contributed by atoms with Crippen molar-refractivity contribution >= 4 is 28.9 Å². The van der Waals surface area contributed by atoms with Crippen LogP contribution in [0.15, 0.2) is 30.3 Å². The van der Waals surface area contributed by atoms with Gasteiger partial charge in [0.1, 0.15) is 10.8 Å². The van der Waals surface area contributed by atoms with Gasteiger partial charge in [0.25, 0.3) is 0 Å². The average molecular weight is 290 g/mol. The maximum Gasteiger partial charge on any atom is 0.203 e.